The zero-order valence-corrected chi connectivity index (χ0v) is 11.7. The van der Waals surface area contributed by atoms with Crippen LogP contribution in [0.2, 0.25) is 0 Å². The van der Waals surface area contributed by atoms with Crippen molar-refractivity contribution in [2.75, 3.05) is 6.54 Å². The lowest BCUT2D eigenvalue weighted by molar-refractivity contribution is -0.0526. The Hall–Kier alpha value is -0.180. The molecule has 2 saturated carbocycles. The summed E-state index contributed by atoms with van der Waals surface area (Å²) in [5, 5.41) is 3.57. The zero-order valence-electron chi connectivity index (χ0n) is 11.7. The van der Waals surface area contributed by atoms with Gasteiger partial charge in [0, 0.05) is 18.9 Å². The predicted octanol–water partition coefficient (Wildman–Crippen LogP) is 4.23. The van der Waals surface area contributed by atoms with Crippen LogP contribution in [0.5, 0.6) is 0 Å². The van der Waals surface area contributed by atoms with Crippen LogP contribution in [0.1, 0.15) is 58.8 Å². The van der Waals surface area contributed by atoms with Crippen molar-refractivity contribution >= 4 is 0 Å². The second kappa shape index (κ2) is 5.85. The zero-order chi connectivity index (χ0) is 13.2. The minimum atomic E-state index is -2.41. The van der Waals surface area contributed by atoms with E-state index in [9.17, 15) is 8.78 Å². The van der Waals surface area contributed by atoms with Gasteiger partial charge in [-0.3, -0.25) is 0 Å². The van der Waals surface area contributed by atoms with Crippen molar-refractivity contribution in [1.29, 1.82) is 0 Å². The highest BCUT2D eigenvalue weighted by atomic mass is 19.3. The van der Waals surface area contributed by atoms with Crippen LogP contribution in [0.15, 0.2) is 0 Å². The van der Waals surface area contributed by atoms with Gasteiger partial charge in [-0.1, -0.05) is 13.8 Å². The summed E-state index contributed by atoms with van der Waals surface area (Å²) in [6, 6.07) is 0.553. The Kier molecular flexibility index (Phi) is 4.63. The molecule has 0 saturated heterocycles. The molecule has 1 nitrogen and oxygen atoms in total. The molecule has 0 aromatic carbocycles. The Morgan fingerprint density at radius 2 is 1.94 bits per heavy atom. The van der Waals surface area contributed by atoms with E-state index in [1.165, 1.54) is 19.3 Å². The standard InChI is InChI=1S/C15H27F2N/c1-11-5-6-14(12(2)8-11)18-10-13-4-3-7-15(16,17)9-13/h11-14,18H,3-10H2,1-2H3. The molecular formula is C15H27F2N. The molecule has 2 rings (SSSR count). The Balaban J connectivity index is 1.74. The van der Waals surface area contributed by atoms with Crippen molar-refractivity contribution in [1.82, 2.24) is 5.32 Å². The number of halogens is 2. The minimum Gasteiger partial charge on any atom is -0.313 e. The molecule has 0 radical (unpaired) electrons. The van der Waals surface area contributed by atoms with E-state index in [1.807, 2.05) is 0 Å². The molecule has 2 fully saturated rings. The topological polar surface area (TPSA) is 12.0 Å². The van der Waals surface area contributed by atoms with E-state index in [4.69, 9.17) is 0 Å². The Morgan fingerprint density at radius 1 is 1.17 bits per heavy atom. The van der Waals surface area contributed by atoms with Crippen LogP contribution in [0.4, 0.5) is 8.78 Å². The molecule has 106 valence electrons. The van der Waals surface area contributed by atoms with Crippen LogP contribution in [-0.2, 0) is 0 Å². The Labute approximate surface area is 110 Å². The summed E-state index contributed by atoms with van der Waals surface area (Å²) in [6.45, 7) is 5.40. The molecule has 3 heteroatoms. The molecule has 0 spiro atoms. The van der Waals surface area contributed by atoms with Crippen molar-refractivity contribution in [2.45, 2.75) is 70.8 Å². The van der Waals surface area contributed by atoms with Crippen LogP contribution < -0.4 is 5.32 Å². The fourth-order valence-electron chi connectivity index (χ4n) is 3.74. The normalized spacial score (nSPS) is 40.7. The van der Waals surface area contributed by atoms with Crippen molar-refractivity contribution in [3.63, 3.8) is 0 Å². The van der Waals surface area contributed by atoms with Gasteiger partial charge < -0.3 is 5.32 Å². The maximum absolute atomic E-state index is 13.3. The van der Waals surface area contributed by atoms with Gasteiger partial charge in [-0.05, 0) is 56.4 Å². The first-order valence-corrected chi connectivity index (χ1v) is 7.57. The molecule has 0 aliphatic heterocycles. The molecule has 0 heterocycles. The molecule has 0 aromatic rings. The van der Waals surface area contributed by atoms with Gasteiger partial charge in [-0.25, -0.2) is 8.78 Å². The second-order valence-electron chi connectivity index (χ2n) is 6.73. The summed E-state index contributed by atoms with van der Waals surface area (Å²) in [4.78, 5) is 0. The maximum Gasteiger partial charge on any atom is 0.248 e. The smallest absolute Gasteiger partial charge is 0.248 e. The maximum atomic E-state index is 13.3. The van der Waals surface area contributed by atoms with Crippen molar-refractivity contribution in [2.24, 2.45) is 17.8 Å². The fraction of sp³-hybridized carbons (Fsp3) is 1.00. The van der Waals surface area contributed by atoms with Crippen LogP contribution in [-0.4, -0.2) is 18.5 Å². The second-order valence-corrected chi connectivity index (χ2v) is 6.73. The van der Waals surface area contributed by atoms with E-state index in [2.05, 4.69) is 19.2 Å². The molecule has 0 amide bonds. The number of hydrogen-bond donors (Lipinski definition) is 1. The van der Waals surface area contributed by atoms with Crippen LogP contribution >= 0.6 is 0 Å². The van der Waals surface area contributed by atoms with Gasteiger partial charge in [-0.2, -0.15) is 0 Å². The third kappa shape index (κ3) is 3.91. The summed E-state index contributed by atoms with van der Waals surface area (Å²) in [5.41, 5.74) is 0. The van der Waals surface area contributed by atoms with Gasteiger partial charge in [-0.15, -0.1) is 0 Å². The molecule has 1 N–H and O–H groups in total. The third-order valence-corrected chi connectivity index (χ3v) is 4.84. The lowest BCUT2D eigenvalue weighted by atomic mass is 9.79. The summed E-state index contributed by atoms with van der Waals surface area (Å²) >= 11 is 0. The highest BCUT2D eigenvalue weighted by Crippen LogP contribution is 2.36. The van der Waals surface area contributed by atoms with E-state index in [0.29, 0.717) is 18.4 Å². The van der Waals surface area contributed by atoms with Gasteiger partial charge in [0.25, 0.3) is 0 Å². The first kappa shape index (κ1) is 14.2. The van der Waals surface area contributed by atoms with Crippen LogP contribution in [0.25, 0.3) is 0 Å². The molecule has 4 atom stereocenters. The minimum absolute atomic E-state index is 0.0947. The highest BCUT2D eigenvalue weighted by molar-refractivity contribution is 4.84. The first-order chi connectivity index (χ1) is 8.46. The largest absolute Gasteiger partial charge is 0.313 e. The summed E-state index contributed by atoms with van der Waals surface area (Å²) < 4.78 is 26.6. The van der Waals surface area contributed by atoms with Crippen LogP contribution in [0.3, 0.4) is 0 Å². The lowest BCUT2D eigenvalue weighted by Gasteiger charge is -2.35. The summed E-state index contributed by atoms with van der Waals surface area (Å²) in [7, 11) is 0. The van der Waals surface area contributed by atoms with Crippen molar-refractivity contribution in [3.8, 4) is 0 Å². The Morgan fingerprint density at radius 3 is 2.61 bits per heavy atom. The fourth-order valence-corrected chi connectivity index (χ4v) is 3.74. The van der Waals surface area contributed by atoms with E-state index < -0.39 is 5.92 Å². The predicted molar refractivity (Wildman–Crippen MR) is 70.9 cm³/mol. The Bertz CT molecular complexity index is 267. The third-order valence-electron chi connectivity index (χ3n) is 4.84. The van der Waals surface area contributed by atoms with Crippen LogP contribution in [0, 0.1) is 17.8 Å². The number of alkyl halides is 2. The number of nitrogens with one attached hydrogen (secondary N) is 1. The van der Waals surface area contributed by atoms with Crippen molar-refractivity contribution in [3.05, 3.63) is 0 Å². The monoisotopic (exact) mass is 259 g/mol. The highest BCUT2D eigenvalue weighted by Gasteiger charge is 2.36. The van der Waals surface area contributed by atoms with Gasteiger partial charge in [0.1, 0.15) is 0 Å². The molecular weight excluding hydrogens is 232 g/mol. The molecule has 2 aliphatic rings. The molecule has 0 bridgehead atoms. The van der Waals surface area contributed by atoms with Gasteiger partial charge in [0.15, 0.2) is 0 Å². The number of rotatable bonds is 3. The lowest BCUT2D eigenvalue weighted by Crippen LogP contribution is -2.42. The summed E-state index contributed by atoms with van der Waals surface area (Å²) in [6.07, 6.45) is 5.63. The average Bonchev–Trinajstić information content (AvgIpc) is 2.26. The molecule has 4 unspecified atom stereocenters. The number of hydrogen-bond acceptors (Lipinski definition) is 1. The van der Waals surface area contributed by atoms with E-state index in [-0.39, 0.29) is 18.8 Å². The average molecular weight is 259 g/mol. The van der Waals surface area contributed by atoms with Gasteiger partial charge >= 0.3 is 0 Å². The van der Waals surface area contributed by atoms with E-state index in [1.54, 1.807) is 0 Å². The quantitative estimate of drug-likeness (QED) is 0.800. The summed E-state index contributed by atoms with van der Waals surface area (Å²) in [5.74, 6) is -0.702. The van der Waals surface area contributed by atoms with E-state index in [0.717, 1.165) is 18.9 Å². The van der Waals surface area contributed by atoms with Crippen molar-refractivity contribution < 1.29 is 8.78 Å². The molecule has 18 heavy (non-hydrogen) atoms. The van der Waals surface area contributed by atoms with Gasteiger partial charge in [0.2, 0.25) is 5.92 Å². The molecule has 2 aliphatic carbocycles. The molecule has 0 aromatic heterocycles. The van der Waals surface area contributed by atoms with Gasteiger partial charge in [0.05, 0.1) is 0 Å². The first-order valence-electron chi connectivity index (χ1n) is 7.57. The van der Waals surface area contributed by atoms with E-state index >= 15 is 0 Å². The SMILES string of the molecule is CC1CCC(NCC2CCCC(F)(F)C2)C(C)C1.